The Morgan fingerprint density at radius 2 is 1.90 bits per heavy atom. The van der Waals surface area contributed by atoms with Gasteiger partial charge in [0.15, 0.2) is 0 Å². The van der Waals surface area contributed by atoms with Crippen molar-refractivity contribution in [3.8, 4) is 0 Å². The smallest absolute Gasteiger partial charge is 0.142 e. The first-order valence-corrected chi connectivity index (χ1v) is 12.9. The Bertz CT molecular complexity index is 1070. The maximum Gasteiger partial charge on any atom is 0.142 e. The van der Waals surface area contributed by atoms with Gasteiger partial charge in [-0.25, -0.2) is 14.2 Å². The van der Waals surface area contributed by atoms with Gasteiger partial charge in [-0.15, -0.1) is 0 Å². The van der Waals surface area contributed by atoms with E-state index in [2.05, 4.69) is 49.5 Å². The summed E-state index contributed by atoms with van der Waals surface area (Å²) in [7, 11) is -0.498. The van der Waals surface area contributed by atoms with Crippen LogP contribution in [0, 0.1) is 14.3 Å². The van der Waals surface area contributed by atoms with Crippen LogP contribution in [0.4, 0.5) is 5.82 Å². The molecule has 3 aromatic rings. The van der Waals surface area contributed by atoms with E-state index < -0.39 is 9.73 Å². The van der Waals surface area contributed by atoms with Crippen LogP contribution < -0.4 is 4.90 Å². The van der Waals surface area contributed by atoms with Crippen LogP contribution in [-0.2, 0) is 15.5 Å². The first-order chi connectivity index (χ1) is 13.9. The largest absolute Gasteiger partial charge is 0.356 e. The number of hydrogen-bond donors (Lipinski definition) is 2. The molecule has 1 aromatic carbocycles. The summed E-state index contributed by atoms with van der Waals surface area (Å²) < 4.78 is 22.4. The van der Waals surface area contributed by atoms with Crippen molar-refractivity contribution in [2.75, 3.05) is 17.7 Å². The lowest BCUT2D eigenvalue weighted by atomic mass is 9.86. The van der Waals surface area contributed by atoms with E-state index in [0.29, 0.717) is 23.5 Å². The van der Waals surface area contributed by atoms with E-state index in [1.807, 2.05) is 36.5 Å². The van der Waals surface area contributed by atoms with E-state index in [1.165, 1.54) is 0 Å². The summed E-state index contributed by atoms with van der Waals surface area (Å²) in [6.07, 6.45) is 7.60. The van der Waals surface area contributed by atoms with E-state index in [9.17, 15) is 4.21 Å². The van der Waals surface area contributed by atoms with Crippen LogP contribution in [0.25, 0.3) is 11.0 Å². The lowest BCUT2D eigenvalue weighted by Gasteiger charge is -2.35. The Balaban J connectivity index is 1.35. The topological polar surface area (TPSA) is 85.7 Å². The van der Waals surface area contributed by atoms with Crippen LogP contribution >= 0.6 is 22.6 Å². The maximum absolute atomic E-state index is 12.9. The van der Waals surface area contributed by atoms with E-state index in [-0.39, 0.29) is 0 Å². The molecule has 1 fully saturated rings. The molecule has 1 aliphatic carbocycles. The number of hydrogen-bond acceptors (Lipinski definition) is 5. The summed E-state index contributed by atoms with van der Waals surface area (Å²) in [6, 6.07) is 10.4. The Morgan fingerprint density at radius 1 is 1.17 bits per heavy atom. The lowest BCUT2D eigenvalue weighted by molar-refractivity contribution is 0.342. The summed E-state index contributed by atoms with van der Waals surface area (Å²) in [6.45, 7) is 0. The Kier molecular flexibility index (Phi) is 6.10. The molecule has 0 bridgehead atoms. The van der Waals surface area contributed by atoms with E-state index in [4.69, 9.17) is 4.78 Å². The number of H-pyrrole nitrogens is 1. The van der Waals surface area contributed by atoms with Gasteiger partial charge in [0, 0.05) is 38.3 Å². The van der Waals surface area contributed by atoms with Gasteiger partial charge >= 0.3 is 0 Å². The second-order valence-corrected chi connectivity index (χ2v) is 11.5. The van der Waals surface area contributed by atoms with Gasteiger partial charge in [-0.05, 0) is 78.0 Å². The molecule has 0 spiro atoms. The SMILES string of the molecule is CN(c1ncnc2[nH]ccc12)C1CCC(CS(=N)(=O)Cc2ccc(I)cc2)CC1. The molecule has 1 saturated carbocycles. The lowest BCUT2D eigenvalue weighted by Crippen LogP contribution is -2.37. The van der Waals surface area contributed by atoms with Crippen molar-refractivity contribution in [1.29, 1.82) is 4.78 Å². The van der Waals surface area contributed by atoms with Gasteiger partial charge in [0.1, 0.15) is 17.8 Å². The second-order valence-electron chi connectivity index (χ2n) is 7.97. The van der Waals surface area contributed by atoms with Gasteiger partial charge in [-0.1, -0.05) is 12.1 Å². The van der Waals surface area contributed by atoms with Crippen LogP contribution in [0.1, 0.15) is 31.2 Å². The van der Waals surface area contributed by atoms with Crippen molar-refractivity contribution in [2.24, 2.45) is 5.92 Å². The highest BCUT2D eigenvalue weighted by atomic mass is 127. The number of aromatic amines is 1. The summed E-state index contributed by atoms with van der Waals surface area (Å²) in [4.78, 5) is 14.2. The average molecular weight is 523 g/mol. The molecule has 4 rings (SSSR count). The highest BCUT2D eigenvalue weighted by Crippen LogP contribution is 2.32. The minimum atomic E-state index is -2.60. The molecule has 1 unspecified atom stereocenters. The highest BCUT2D eigenvalue weighted by molar-refractivity contribution is 14.1. The standard InChI is InChI=1S/C21H26IN5OS/c1-27(21-19-10-11-24-20(19)25-14-26-21)18-8-4-16(5-9-18)13-29(23,28)12-15-2-6-17(22)7-3-15/h2-3,6-7,10-11,14,16,18,23H,4-5,8-9,12-13H2,1H3,(H,24,25,26). The molecule has 2 heterocycles. The molecule has 0 saturated heterocycles. The zero-order valence-corrected chi connectivity index (χ0v) is 19.4. The summed E-state index contributed by atoms with van der Waals surface area (Å²) >= 11 is 2.26. The minimum absolute atomic E-state index is 0.357. The molecule has 1 atom stereocenters. The van der Waals surface area contributed by atoms with Gasteiger partial charge in [-0.2, -0.15) is 0 Å². The number of benzene rings is 1. The van der Waals surface area contributed by atoms with Crippen LogP contribution in [0.15, 0.2) is 42.9 Å². The third-order valence-corrected chi connectivity index (χ3v) is 8.38. The van der Waals surface area contributed by atoms with E-state index in [1.54, 1.807) is 6.33 Å². The van der Waals surface area contributed by atoms with Crippen LogP contribution in [0.2, 0.25) is 0 Å². The molecule has 0 aliphatic heterocycles. The van der Waals surface area contributed by atoms with Crippen molar-refractivity contribution < 1.29 is 4.21 Å². The van der Waals surface area contributed by atoms with Crippen LogP contribution in [0.3, 0.4) is 0 Å². The number of aromatic nitrogens is 3. The van der Waals surface area contributed by atoms with Crippen molar-refractivity contribution in [1.82, 2.24) is 15.0 Å². The fourth-order valence-electron chi connectivity index (χ4n) is 4.30. The molecular formula is C21H26IN5OS. The fourth-order valence-corrected chi connectivity index (χ4v) is 6.60. The predicted molar refractivity (Wildman–Crippen MR) is 127 cm³/mol. The summed E-state index contributed by atoms with van der Waals surface area (Å²) in [5.74, 6) is 2.19. The van der Waals surface area contributed by atoms with Crippen molar-refractivity contribution in [3.63, 3.8) is 0 Å². The average Bonchev–Trinajstić information content (AvgIpc) is 3.18. The molecule has 1 aliphatic rings. The minimum Gasteiger partial charge on any atom is -0.356 e. The number of rotatable bonds is 6. The van der Waals surface area contributed by atoms with Gasteiger partial charge in [0.25, 0.3) is 0 Å². The zero-order valence-electron chi connectivity index (χ0n) is 16.5. The number of halogens is 1. The van der Waals surface area contributed by atoms with Crippen molar-refractivity contribution >= 4 is 49.2 Å². The first-order valence-electron chi connectivity index (χ1n) is 9.91. The normalized spacial score (nSPS) is 21.7. The van der Waals surface area contributed by atoms with Gasteiger partial charge in [0.2, 0.25) is 0 Å². The number of fused-ring (bicyclic) bond motifs is 1. The quantitative estimate of drug-likeness (QED) is 0.455. The van der Waals surface area contributed by atoms with E-state index in [0.717, 1.165) is 51.7 Å². The molecule has 2 aromatic heterocycles. The monoisotopic (exact) mass is 523 g/mol. The van der Waals surface area contributed by atoms with Gasteiger partial charge in [0.05, 0.1) is 11.1 Å². The van der Waals surface area contributed by atoms with Crippen molar-refractivity contribution in [3.05, 3.63) is 52.0 Å². The number of anilines is 1. The fraction of sp³-hybridized carbons (Fsp3) is 0.429. The Morgan fingerprint density at radius 3 is 2.62 bits per heavy atom. The Labute approximate surface area is 185 Å². The van der Waals surface area contributed by atoms with E-state index >= 15 is 0 Å². The first kappa shape index (κ1) is 20.6. The molecule has 29 heavy (non-hydrogen) atoms. The third-order valence-electron chi connectivity index (χ3n) is 5.85. The zero-order chi connectivity index (χ0) is 20.4. The summed E-state index contributed by atoms with van der Waals surface area (Å²) in [5.41, 5.74) is 1.86. The van der Waals surface area contributed by atoms with Crippen LogP contribution in [0.5, 0.6) is 0 Å². The number of nitrogens with one attached hydrogen (secondary N) is 2. The predicted octanol–water partition coefficient (Wildman–Crippen LogP) is 4.80. The van der Waals surface area contributed by atoms with Gasteiger partial charge in [-0.3, -0.25) is 4.78 Å². The molecular weight excluding hydrogens is 497 g/mol. The molecule has 6 nitrogen and oxygen atoms in total. The second kappa shape index (κ2) is 8.59. The molecule has 0 amide bonds. The van der Waals surface area contributed by atoms with Gasteiger partial charge < -0.3 is 9.88 Å². The third kappa shape index (κ3) is 4.91. The molecule has 8 heteroatoms. The Hall–Kier alpha value is -1.68. The molecule has 154 valence electrons. The maximum atomic E-state index is 12.9. The number of nitrogens with zero attached hydrogens (tertiary/aromatic N) is 3. The van der Waals surface area contributed by atoms with Crippen LogP contribution in [-0.4, -0.2) is 38.0 Å². The summed E-state index contributed by atoms with van der Waals surface area (Å²) in [5, 5.41) is 1.05. The molecule has 2 N–H and O–H groups in total. The molecule has 0 radical (unpaired) electrons. The highest BCUT2D eigenvalue weighted by Gasteiger charge is 2.27. The van der Waals surface area contributed by atoms with Crippen molar-refractivity contribution in [2.45, 2.75) is 37.5 Å².